The van der Waals surface area contributed by atoms with E-state index in [0.717, 1.165) is 70.8 Å². The van der Waals surface area contributed by atoms with Gasteiger partial charge in [-0.15, -0.1) is 0 Å². The molecule has 5 rings (SSSR count). The van der Waals surface area contributed by atoms with E-state index in [4.69, 9.17) is 10.1 Å². The SMILES string of the molecule is O=c1[nH]ncc2nc(N3CCCCCC3)nc(Nc3ccc(N4CCN(CCCO)CC4)cc3)c12. The van der Waals surface area contributed by atoms with Gasteiger partial charge in [-0.2, -0.15) is 10.1 Å². The molecule has 0 atom stereocenters. The molecule has 186 valence electrons. The van der Waals surface area contributed by atoms with E-state index in [-0.39, 0.29) is 12.2 Å². The van der Waals surface area contributed by atoms with E-state index in [0.29, 0.717) is 22.7 Å². The van der Waals surface area contributed by atoms with Crippen LogP contribution in [-0.4, -0.2) is 82.6 Å². The maximum atomic E-state index is 12.6. The maximum Gasteiger partial charge on any atom is 0.277 e. The average Bonchev–Trinajstić information content (AvgIpc) is 3.18. The van der Waals surface area contributed by atoms with Gasteiger partial charge in [0.15, 0.2) is 0 Å². The summed E-state index contributed by atoms with van der Waals surface area (Å²) in [6, 6.07) is 8.28. The van der Waals surface area contributed by atoms with Gasteiger partial charge in [-0.05, 0) is 43.5 Å². The number of fused-ring (bicyclic) bond motifs is 1. The molecule has 2 aliphatic heterocycles. The molecular weight excluding hydrogens is 444 g/mol. The molecule has 0 saturated carbocycles. The minimum absolute atomic E-state index is 0.248. The minimum Gasteiger partial charge on any atom is -0.396 e. The Kier molecular flexibility index (Phi) is 7.39. The van der Waals surface area contributed by atoms with Crippen LogP contribution in [0, 0.1) is 0 Å². The lowest BCUT2D eigenvalue weighted by molar-refractivity contribution is 0.216. The lowest BCUT2D eigenvalue weighted by Crippen LogP contribution is -2.46. The highest BCUT2D eigenvalue weighted by molar-refractivity contribution is 5.90. The summed E-state index contributed by atoms with van der Waals surface area (Å²) in [7, 11) is 0. The van der Waals surface area contributed by atoms with Crippen molar-refractivity contribution >= 4 is 34.0 Å². The Morgan fingerprint density at radius 1 is 0.914 bits per heavy atom. The fourth-order valence-corrected chi connectivity index (χ4v) is 4.91. The molecule has 0 bridgehead atoms. The first-order chi connectivity index (χ1) is 17.2. The summed E-state index contributed by atoms with van der Waals surface area (Å²) in [5, 5.41) is 19.3. The van der Waals surface area contributed by atoms with Crippen molar-refractivity contribution in [2.75, 3.05) is 67.5 Å². The predicted molar refractivity (Wildman–Crippen MR) is 139 cm³/mol. The molecule has 0 radical (unpaired) electrons. The van der Waals surface area contributed by atoms with Gasteiger partial charge >= 0.3 is 0 Å². The van der Waals surface area contributed by atoms with E-state index in [1.807, 2.05) is 12.1 Å². The van der Waals surface area contributed by atoms with E-state index in [1.165, 1.54) is 18.5 Å². The molecule has 2 aromatic heterocycles. The molecule has 4 heterocycles. The van der Waals surface area contributed by atoms with Gasteiger partial charge in [0.2, 0.25) is 5.95 Å². The Labute approximate surface area is 205 Å². The van der Waals surface area contributed by atoms with Gasteiger partial charge in [-0.3, -0.25) is 9.69 Å². The van der Waals surface area contributed by atoms with Gasteiger partial charge in [0.25, 0.3) is 5.56 Å². The van der Waals surface area contributed by atoms with Gasteiger partial charge in [-0.1, -0.05) is 12.8 Å². The number of H-pyrrole nitrogens is 1. The highest BCUT2D eigenvalue weighted by Crippen LogP contribution is 2.26. The monoisotopic (exact) mass is 478 g/mol. The zero-order chi connectivity index (χ0) is 24.0. The quantitative estimate of drug-likeness (QED) is 0.471. The van der Waals surface area contributed by atoms with Gasteiger partial charge in [0.1, 0.15) is 16.7 Å². The van der Waals surface area contributed by atoms with Crippen LogP contribution in [0.5, 0.6) is 0 Å². The van der Waals surface area contributed by atoms with Crippen molar-refractivity contribution in [2.45, 2.75) is 32.1 Å². The summed E-state index contributed by atoms with van der Waals surface area (Å²) in [5.74, 6) is 1.15. The van der Waals surface area contributed by atoms with Crippen molar-refractivity contribution < 1.29 is 5.11 Å². The molecule has 2 aliphatic rings. The molecule has 35 heavy (non-hydrogen) atoms. The number of hydrogen-bond donors (Lipinski definition) is 3. The van der Waals surface area contributed by atoms with Crippen LogP contribution in [0.2, 0.25) is 0 Å². The third-order valence-corrected chi connectivity index (χ3v) is 6.89. The molecule has 10 nitrogen and oxygen atoms in total. The van der Waals surface area contributed by atoms with Crippen LogP contribution in [-0.2, 0) is 0 Å². The number of nitrogens with one attached hydrogen (secondary N) is 2. The number of aromatic nitrogens is 4. The largest absolute Gasteiger partial charge is 0.396 e. The Hall–Kier alpha value is -3.24. The van der Waals surface area contributed by atoms with E-state index in [9.17, 15) is 4.79 Å². The summed E-state index contributed by atoms with van der Waals surface area (Å²) >= 11 is 0. The molecule has 2 saturated heterocycles. The van der Waals surface area contributed by atoms with Crippen LogP contribution in [0.15, 0.2) is 35.3 Å². The maximum absolute atomic E-state index is 12.6. The number of benzene rings is 1. The molecule has 0 amide bonds. The lowest BCUT2D eigenvalue weighted by atomic mass is 10.2. The first-order valence-electron chi connectivity index (χ1n) is 12.7. The van der Waals surface area contributed by atoms with Crippen molar-refractivity contribution in [1.29, 1.82) is 0 Å². The van der Waals surface area contributed by atoms with Gasteiger partial charge < -0.3 is 20.2 Å². The molecular formula is C25H34N8O2. The third kappa shape index (κ3) is 5.54. The molecule has 0 spiro atoms. The molecule has 1 aromatic carbocycles. The highest BCUT2D eigenvalue weighted by atomic mass is 16.3. The van der Waals surface area contributed by atoms with Crippen molar-refractivity contribution in [3.05, 3.63) is 40.8 Å². The number of anilines is 4. The van der Waals surface area contributed by atoms with E-state index >= 15 is 0 Å². The smallest absolute Gasteiger partial charge is 0.277 e. The summed E-state index contributed by atoms with van der Waals surface area (Å²) < 4.78 is 0. The number of hydrogen-bond acceptors (Lipinski definition) is 9. The number of piperazine rings is 1. The molecule has 3 N–H and O–H groups in total. The van der Waals surface area contributed by atoms with Crippen molar-refractivity contribution in [2.24, 2.45) is 0 Å². The number of nitrogens with zero attached hydrogens (tertiary/aromatic N) is 6. The fraction of sp³-hybridized carbons (Fsp3) is 0.520. The molecule has 0 aliphatic carbocycles. The van der Waals surface area contributed by atoms with Gasteiger partial charge in [-0.25, -0.2) is 10.1 Å². The van der Waals surface area contributed by atoms with E-state index in [2.05, 4.69) is 47.3 Å². The van der Waals surface area contributed by atoms with Crippen molar-refractivity contribution in [1.82, 2.24) is 25.1 Å². The summed E-state index contributed by atoms with van der Waals surface area (Å²) in [6.07, 6.45) is 7.11. The predicted octanol–water partition coefficient (Wildman–Crippen LogP) is 2.34. The molecule has 3 aromatic rings. The average molecular weight is 479 g/mol. The van der Waals surface area contributed by atoms with Crippen LogP contribution in [0.1, 0.15) is 32.1 Å². The first kappa shape index (κ1) is 23.5. The first-order valence-corrected chi connectivity index (χ1v) is 12.7. The second kappa shape index (κ2) is 11.0. The zero-order valence-corrected chi connectivity index (χ0v) is 20.1. The lowest BCUT2D eigenvalue weighted by Gasteiger charge is -2.36. The standard InChI is InChI=1S/C25H34N8O2/c34-17-5-10-31-13-15-32(16-14-31)20-8-6-19(7-9-20)27-23-22-21(18-26-30-24(22)35)28-25(29-23)33-11-3-1-2-4-12-33/h6-9,18,34H,1-5,10-17H2,(H,30,35)(H,27,28,29). The molecule has 2 fully saturated rings. The van der Waals surface area contributed by atoms with Crippen LogP contribution >= 0.6 is 0 Å². The van der Waals surface area contributed by atoms with E-state index in [1.54, 1.807) is 6.20 Å². The Balaban J connectivity index is 1.35. The van der Waals surface area contributed by atoms with Gasteiger partial charge in [0, 0.05) is 63.8 Å². The van der Waals surface area contributed by atoms with Crippen molar-refractivity contribution in [3.63, 3.8) is 0 Å². The number of rotatable bonds is 7. The Morgan fingerprint density at radius 3 is 2.37 bits per heavy atom. The van der Waals surface area contributed by atoms with E-state index < -0.39 is 0 Å². The Morgan fingerprint density at radius 2 is 1.66 bits per heavy atom. The third-order valence-electron chi connectivity index (χ3n) is 6.89. The van der Waals surface area contributed by atoms with Crippen molar-refractivity contribution in [3.8, 4) is 0 Å². The number of aliphatic hydroxyl groups excluding tert-OH is 1. The summed E-state index contributed by atoms with van der Waals surface area (Å²) in [6.45, 7) is 6.98. The summed E-state index contributed by atoms with van der Waals surface area (Å²) in [5.41, 5.74) is 2.29. The minimum atomic E-state index is -0.303. The van der Waals surface area contributed by atoms with Crippen LogP contribution in [0.4, 0.5) is 23.1 Å². The summed E-state index contributed by atoms with van der Waals surface area (Å²) in [4.78, 5) is 29.1. The van der Waals surface area contributed by atoms with Crippen LogP contribution in [0.3, 0.4) is 0 Å². The molecule has 10 heteroatoms. The zero-order valence-electron chi connectivity index (χ0n) is 20.1. The van der Waals surface area contributed by atoms with Gasteiger partial charge in [0.05, 0.1) is 6.20 Å². The van der Waals surface area contributed by atoms with Crippen LogP contribution < -0.4 is 20.7 Å². The van der Waals surface area contributed by atoms with Crippen LogP contribution in [0.25, 0.3) is 10.9 Å². The number of aromatic amines is 1. The topological polar surface area (TPSA) is 114 Å². The number of aliphatic hydroxyl groups is 1. The fourth-order valence-electron chi connectivity index (χ4n) is 4.91. The second-order valence-corrected chi connectivity index (χ2v) is 9.31. The molecule has 0 unspecified atom stereocenters. The Bertz CT molecular complexity index is 1170. The second-order valence-electron chi connectivity index (χ2n) is 9.31. The highest BCUT2D eigenvalue weighted by Gasteiger charge is 2.19. The normalized spacial score (nSPS) is 17.5.